The van der Waals surface area contributed by atoms with Crippen LogP contribution in [0.25, 0.3) is 0 Å². The summed E-state index contributed by atoms with van der Waals surface area (Å²) in [5.74, 6) is 0.0340. The van der Waals surface area contributed by atoms with Gasteiger partial charge in [-0.05, 0) is 29.3 Å². The lowest BCUT2D eigenvalue weighted by molar-refractivity contribution is -0.128. The van der Waals surface area contributed by atoms with Crippen LogP contribution < -0.4 is 5.32 Å². The number of amides is 2. The predicted octanol–water partition coefficient (Wildman–Crippen LogP) is 2.24. The van der Waals surface area contributed by atoms with Gasteiger partial charge >= 0.3 is 0 Å². The number of likely N-dealkylation sites (tertiary alicyclic amines) is 1. The number of nitrogens with zero attached hydrogens (tertiary/aromatic N) is 1. The van der Waals surface area contributed by atoms with E-state index in [9.17, 15) is 9.59 Å². The van der Waals surface area contributed by atoms with Gasteiger partial charge in [-0.15, -0.1) is 22.7 Å². The van der Waals surface area contributed by atoms with E-state index < -0.39 is 0 Å². The van der Waals surface area contributed by atoms with Crippen molar-refractivity contribution in [2.24, 2.45) is 5.92 Å². The standard InChI is InChI=1S/C15H16N2O2S2/c18-14(16-6-5-12-3-1-7-20-12)11-9-17(10-11)15(19)13-4-2-8-21-13/h1-4,7-8,11H,5-6,9-10H2,(H,16,18). The molecular weight excluding hydrogens is 304 g/mol. The van der Waals surface area contributed by atoms with Crippen molar-refractivity contribution in [1.82, 2.24) is 10.2 Å². The average Bonchev–Trinajstić information content (AvgIpc) is 3.10. The van der Waals surface area contributed by atoms with Crippen LogP contribution in [0.1, 0.15) is 14.5 Å². The molecule has 1 fully saturated rings. The monoisotopic (exact) mass is 320 g/mol. The van der Waals surface area contributed by atoms with Crippen molar-refractivity contribution in [1.29, 1.82) is 0 Å². The Bertz CT molecular complexity index is 602. The predicted molar refractivity (Wildman–Crippen MR) is 84.7 cm³/mol. The third-order valence-corrected chi connectivity index (χ3v) is 5.32. The molecule has 0 aromatic carbocycles. The number of carbonyl (C=O) groups excluding carboxylic acids is 2. The van der Waals surface area contributed by atoms with E-state index in [1.807, 2.05) is 29.0 Å². The summed E-state index contributed by atoms with van der Waals surface area (Å²) in [6.45, 7) is 1.72. The highest BCUT2D eigenvalue weighted by Crippen LogP contribution is 2.21. The highest BCUT2D eigenvalue weighted by molar-refractivity contribution is 7.12. The van der Waals surface area contributed by atoms with E-state index in [0.29, 0.717) is 19.6 Å². The number of nitrogens with one attached hydrogen (secondary N) is 1. The SMILES string of the molecule is O=C(NCCc1cccs1)C1CN(C(=O)c2cccs2)C1. The van der Waals surface area contributed by atoms with Crippen molar-refractivity contribution in [3.05, 3.63) is 44.8 Å². The first-order chi connectivity index (χ1) is 10.2. The molecule has 2 aromatic rings. The summed E-state index contributed by atoms with van der Waals surface area (Å²) in [4.78, 5) is 27.7. The summed E-state index contributed by atoms with van der Waals surface area (Å²) in [6.07, 6.45) is 0.869. The molecule has 4 nitrogen and oxygen atoms in total. The summed E-state index contributed by atoms with van der Waals surface area (Å²) < 4.78 is 0. The third kappa shape index (κ3) is 3.33. The highest BCUT2D eigenvalue weighted by atomic mass is 32.1. The van der Waals surface area contributed by atoms with Crippen LogP contribution in [-0.4, -0.2) is 36.3 Å². The van der Waals surface area contributed by atoms with E-state index in [-0.39, 0.29) is 17.7 Å². The summed E-state index contributed by atoms with van der Waals surface area (Å²) in [5.41, 5.74) is 0. The van der Waals surface area contributed by atoms with Crippen LogP contribution in [0.15, 0.2) is 35.0 Å². The Morgan fingerprint density at radius 1 is 1.19 bits per heavy atom. The van der Waals surface area contributed by atoms with Gasteiger partial charge in [0.15, 0.2) is 0 Å². The zero-order chi connectivity index (χ0) is 14.7. The van der Waals surface area contributed by atoms with Gasteiger partial charge in [-0.1, -0.05) is 12.1 Å². The molecule has 3 heterocycles. The molecule has 1 N–H and O–H groups in total. The summed E-state index contributed by atoms with van der Waals surface area (Å²) >= 11 is 3.14. The summed E-state index contributed by atoms with van der Waals surface area (Å²) in [7, 11) is 0. The van der Waals surface area contributed by atoms with Gasteiger partial charge in [0, 0.05) is 24.5 Å². The molecule has 0 radical (unpaired) electrons. The van der Waals surface area contributed by atoms with Gasteiger partial charge in [-0.2, -0.15) is 0 Å². The first-order valence-electron chi connectivity index (χ1n) is 6.87. The molecule has 0 atom stereocenters. The molecule has 1 aliphatic heterocycles. The van der Waals surface area contributed by atoms with Crippen molar-refractivity contribution in [2.45, 2.75) is 6.42 Å². The second-order valence-corrected chi connectivity index (χ2v) is 6.98. The Morgan fingerprint density at radius 3 is 2.62 bits per heavy atom. The maximum absolute atomic E-state index is 12.0. The number of carbonyl (C=O) groups is 2. The highest BCUT2D eigenvalue weighted by Gasteiger charge is 2.36. The van der Waals surface area contributed by atoms with Gasteiger partial charge in [0.05, 0.1) is 10.8 Å². The van der Waals surface area contributed by atoms with E-state index in [1.54, 1.807) is 16.2 Å². The van der Waals surface area contributed by atoms with Crippen molar-refractivity contribution in [3.63, 3.8) is 0 Å². The summed E-state index contributed by atoms with van der Waals surface area (Å²) in [5, 5.41) is 6.88. The molecular formula is C15H16N2O2S2. The van der Waals surface area contributed by atoms with Crippen LogP contribution >= 0.6 is 22.7 Å². The van der Waals surface area contributed by atoms with Crippen LogP contribution in [0.2, 0.25) is 0 Å². The fourth-order valence-electron chi connectivity index (χ4n) is 2.27. The molecule has 0 unspecified atom stereocenters. The third-order valence-electron chi connectivity index (χ3n) is 3.52. The van der Waals surface area contributed by atoms with Gasteiger partial charge in [-0.3, -0.25) is 9.59 Å². The van der Waals surface area contributed by atoms with Gasteiger partial charge in [-0.25, -0.2) is 0 Å². The lowest BCUT2D eigenvalue weighted by atomic mass is 9.99. The fraction of sp³-hybridized carbons (Fsp3) is 0.333. The lowest BCUT2D eigenvalue weighted by Crippen LogP contribution is -2.55. The van der Waals surface area contributed by atoms with Crippen LogP contribution in [0.5, 0.6) is 0 Å². The second kappa shape index (κ2) is 6.41. The first kappa shape index (κ1) is 14.3. The molecule has 110 valence electrons. The van der Waals surface area contributed by atoms with Crippen LogP contribution in [0.3, 0.4) is 0 Å². The van der Waals surface area contributed by atoms with E-state index in [4.69, 9.17) is 0 Å². The zero-order valence-electron chi connectivity index (χ0n) is 11.5. The Labute approximate surface area is 131 Å². The molecule has 0 saturated carbocycles. The number of thiophene rings is 2. The Kier molecular flexibility index (Phi) is 4.36. The molecule has 1 saturated heterocycles. The molecule has 0 aliphatic carbocycles. The van der Waals surface area contributed by atoms with E-state index >= 15 is 0 Å². The van der Waals surface area contributed by atoms with E-state index in [1.165, 1.54) is 16.2 Å². The number of hydrogen-bond donors (Lipinski definition) is 1. The normalized spacial score (nSPS) is 14.8. The van der Waals surface area contributed by atoms with Crippen LogP contribution in [0.4, 0.5) is 0 Å². The average molecular weight is 320 g/mol. The zero-order valence-corrected chi connectivity index (χ0v) is 13.1. The quantitative estimate of drug-likeness (QED) is 0.918. The van der Waals surface area contributed by atoms with Gasteiger partial charge < -0.3 is 10.2 Å². The Morgan fingerprint density at radius 2 is 1.95 bits per heavy atom. The molecule has 21 heavy (non-hydrogen) atoms. The van der Waals surface area contributed by atoms with Crippen molar-refractivity contribution >= 4 is 34.5 Å². The molecule has 3 rings (SSSR count). The molecule has 0 bridgehead atoms. The van der Waals surface area contributed by atoms with Crippen LogP contribution in [0, 0.1) is 5.92 Å². The van der Waals surface area contributed by atoms with Crippen molar-refractivity contribution in [3.8, 4) is 0 Å². The van der Waals surface area contributed by atoms with Crippen molar-refractivity contribution in [2.75, 3.05) is 19.6 Å². The molecule has 1 aliphatic rings. The first-order valence-corrected chi connectivity index (χ1v) is 8.63. The van der Waals surface area contributed by atoms with Crippen LogP contribution in [-0.2, 0) is 11.2 Å². The lowest BCUT2D eigenvalue weighted by Gasteiger charge is -2.37. The second-order valence-electron chi connectivity index (χ2n) is 5.00. The Balaban J connectivity index is 1.39. The number of rotatable bonds is 5. The fourth-order valence-corrected chi connectivity index (χ4v) is 3.67. The maximum Gasteiger partial charge on any atom is 0.263 e. The van der Waals surface area contributed by atoms with Gasteiger partial charge in [0.25, 0.3) is 5.91 Å². The number of hydrogen-bond acceptors (Lipinski definition) is 4. The molecule has 2 aromatic heterocycles. The largest absolute Gasteiger partial charge is 0.355 e. The van der Waals surface area contributed by atoms with E-state index in [0.717, 1.165) is 11.3 Å². The Hall–Kier alpha value is -1.66. The van der Waals surface area contributed by atoms with Crippen molar-refractivity contribution < 1.29 is 9.59 Å². The topological polar surface area (TPSA) is 49.4 Å². The molecule has 2 amide bonds. The maximum atomic E-state index is 12.0. The minimum atomic E-state index is -0.0581. The minimum absolute atomic E-state index is 0.0348. The summed E-state index contributed by atoms with van der Waals surface area (Å²) in [6, 6.07) is 7.78. The van der Waals surface area contributed by atoms with Gasteiger partial charge in [0.1, 0.15) is 0 Å². The minimum Gasteiger partial charge on any atom is -0.355 e. The van der Waals surface area contributed by atoms with E-state index in [2.05, 4.69) is 11.4 Å². The molecule has 0 spiro atoms. The van der Waals surface area contributed by atoms with Gasteiger partial charge in [0.2, 0.25) is 5.91 Å². The smallest absolute Gasteiger partial charge is 0.263 e. The molecule has 6 heteroatoms.